The van der Waals surface area contributed by atoms with Crippen LogP contribution < -0.4 is 21.5 Å². The summed E-state index contributed by atoms with van der Waals surface area (Å²) in [6.07, 6.45) is 3.41. The van der Waals surface area contributed by atoms with Crippen LogP contribution in [0.1, 0.15) is 43.5 Å². The summed E-state index contributed by atoms with van der Waals surface area (Å²) >= 11 is 5.25. The van der Waals surface area contributed by atoms with Gasteiger partial charge in [-0.2, -0.15) is 0 Å². The Morgan fingerprint density at radius 1 is 1.27 bits per heavy atom. The van der Waals surface area contributed by atoms with Crippen molar-refractivity contribution in [3.05, 3.63) is 33.9 Å². The Labute approximate surface area is 158 Å². The SMILES string of the molecule is CNc1ccc(C(=O)NNC(=S)N[C@H]2CCC[C@@H](C)[C@H]2C)cc1[N+](=O)[O-]. The summed E-state index contributed by atoms with van der Waals surface area (Å²) in [5.74, 6) is 0.630. The lowest BCUT2D eigenvalue weighted by molar-refractivity contribution is -0.384. The molecule has 9 heteroatoms. The molecule has 1 amide bonds. The van der Waals surface area contributed by atoms with Crippen LogP contribution in [0.15, 0.2) is 18.2 Å². The van der Waals surface area contributed by atoms with E-state index in [1.54, 1.807) is 7.05 Å². The van der Waals surface area contributed by atoms with Gasteiger partial charge in [-0.15, -0.1) is 0 Å². The number of thiocarbonyl (C=S) groups is 1. The van der Waals surface area contributed by atoms with E-state index in [0.29, 0.717) is 22.6 Å². The molecule has 0 saturated heterocycles. The van der Waals surface area contributed by atoms with Gasteiger partial charge in [0.2, 0.25) is 0 Å². The number of rotatable bonds is 4. The molecular formula is C17H25N5O3S. The standard InChI is InChI=1S/C17H25N5O3S/c1-10-5-4-6-13(11(10)2)19-17(26)21-20-16(23)12-7-8-14(18-3)15(9-12)22(24)25/h7-11,13,18H,4-6H2,1-3H3,(H,20,23)(H2,19,21,26)/t10-,11-,13+/m1/s1. The van der Waals surface area contributed by atoms with E-state index in [-0.39, 0.29) is 17.3 Å². The molecule has 0 heterocycles. The molecule has 0 spiro atoms. The molecule has 0 unspecified atom stereocenters. The van der Waals surface area contributed by atoms with Crippen molar-refractivity contribution in [3.8, 4) is 0 Å². The first-order valence-corrected chi connectivity index (χ1v) is 9.07. The number of benzene rings is 1. The second kappa shape index (κ2) is 8.79. The van der Waals surface area contributed by atoms with Crippen LogP contribution in [0.5, 0.6) is 0 Å². The van der Waals surface area contributed by atoms with E-state index in [1.807, 2.05) is 0 Å². The zero-order chi connectivity index (χ0) is 19.3. The molecule has 1 aromatic rings. The smallest absolute Gasteiger partial charge is 0.293 e. The van der Waals surface area contributed by atoms with Gasteiger partial charge in [-0.1, -0.05) is 26.7 Å². The molecule has 1 aliphatic rings. The molecule has 0 aliphatic heterocycles. The van der Waals surface area contributed by atoms with Crippen LogP contribution >= 0.6 is 12.2 Å². The molecule has 26 heavy (non-hydrogen) atoms. The van der Waals surface area contributed by atoms with Gasteiger partial charge in [0.1, 0.15) is 5.69 Å². The van der Waals surface area contributed by atoms with Crippen molar-refractivity contribution in [2.24, 2.45) is 11.8 Å². The van der Waals surface area contributed by atoms with Crippen LogP contribution in [0.25, 0.3) is 0 Å². The lowest BCUT2D eigenvalue weighted by atomic mass is 9.78. The fraction of sp³-hybridized carbons (Fsp3) is 0.529. The third-order valence-electron chi connectivity index (χ3n) is 5.04. The van der Waals surface area contributed by atoms with Crippen molar-refractivity contribution in [1.82, 2.24) is 16.2 Å². The molecule has 1 aromatic carbocycles. The molecule has 1 aliphatic carbocycles. The molecule has 2 rings (SSSR count). The number of nitro groups is 1. The number of anilines is 1. The molecule has 0 bridgehead atoms. The molecule has 4 N–H and O–H groups in total. The first kappa shape index (κ1) is 19.9. The fourth-order valence-corrected chi connectivity index (χ4v) is 3.41. The Balaban J connectivity index is 1.93. The maximum Gasteiger partial charge on any atom is 0.293 e. The van der Waals surface area contributed by atoms with Crippen LogP contribution in [0.3, 0.4) is 0 Å². The van der Waals surface area contributed by atoms with E-state index < -0.39 is 10.8 Å². The lowest BCUT2D eigenvalue weighted by Crippen LogP contribution is -2.52. The Bertz CT molecular complexity index is 697. The van der Waals surface area contributed by atoms with Gasteiger partial charge in [-0.25, -0.2) is 0 Å². The van der Waals surface area contributed by atoms with Gasteiger partial charge in [0.05, 0.1) is 4.92 Å². The Hall–Kier alpha value is -2.42. The number of hydrazine groups is 1. The van der Waals surface area contributed by atoms with Crippen molar-refractivity contribution < 1.29 is 9.72 Å². The third kappa shape index (κ3) is 4.81. The maximum absolute atomic E-state index is 12.2. The van der Waals surface area contributed by atoms with Crippen molar-refractivity contribution in [2.75, 3.05) is 12.4 Å². The summed E-state index contributed by atoms with van der Waals surface area (Å²) in [4.78, 5) is 22.8. The van der Waals surface area contributed by atoms with E-state index in [1.165, 1.54) is 24.6 Å². The highest BCUT2D eigenvalue weighted by atomic mass is 32.1. The molecule has 8 nitrogen and oxygen atoms in total. The number of hydrogen-bond donors (Lipinski definition) is 4. The van der Waals surface area contributed by atoms with Gasteiger partial charge in [-0.3, -0.25) is 25.8 Å². The minimum absolute atomic E-state index is 0.161. The monoisotopic (exact) mass is 379 g/mol. The van der Waals surface area contributed by atoms with Crippen molar-refractivity contribution >= 4 is 34.6 Å². The number of amides is 1. The van der Waals surface area contributed by atoms with Crippen LogP contribution in [0.2, 0.25) is 0 Å². The maximum atomic E-state index is 12.2. The first-order valence-electron chi connectivity index (χ1n) is 8.66. The average molecular weight is 379 g/mol. The van der Waals surface area contributed by atoms with Crippen LogP contribution in [0.4, 0.5) is 11.4 Å². The molecule has 142 valence electrons. The Morgan fingerprint density at radius 2 is 2.00 bits per heavy atom. The van der Waals surface area contributed by atoms with E-state index >= 15 is 0 Å². The van der Waals surface area contributed by atoms with Crippen molar-refractivity contribution in [1.29, 1.82) is 0 Å². The second-order valence-corrected chi connectivity index (χ2v) is 7.07. The summed E-state index contributed by atoms with van der Waals surface area (Å²) in [7, 11) is 1.58. The minimum atomic E-state index is -0.534. The highest BCUT2D eigenvalue weighted by Crippen LogP contribution is 2.29. The Kier molecular flexibility index (Phi) is 6.73. The first-order chi connectivity index (χ1) is 12.3. The Morgan fingerprint density at radius 3 is 2.65 bits per heavy atom. The van der Waals surface area contributed by atoms with Gasteiger partial charge in [0.25, 0.3) is 11.6 Å². The third-order valence-corrected chi connectivity index (χ3v) is 5.26. The van der Waals surface area contributed by atoms with Gasteiger partial charge in [0.15, 0.2) is 5.11 Å². The molecule has 3 atom stereocenters. The van der Waals surface area contributed by atoms with Crippen LogP contribution in [-0.2, 0) is 0 Å². The number of carbonyl (C=O) groups is 1. The summed E-state index contributed by atoms with van der Waals surface area (Å²) in [6.45, 7) is 4.43. The van der Waals surface area contributed by atoms with Gasteiger partial charge >= 0.3 is 0 Å². The second-order valence-electron chi connectivity index (χ2n) is 6.67. The molecular weight excluding hydrogens is 354 g/mol. The largest absolute Gasteiger partial charge is 0.383 e. The van der Waals surface area contributed by atoms with E-state index in [2.05, 4.69) is 35.3 Å². The number of nitro benzene ring substituents is 1. The molecule has 0 aromatic heterocycles. The molecule has 0 radical (unpaired) electrons. The predicted molar refractivity (Wildman–Crippen MR) is 105 cm³/mol. The quantitative estimate of drug-likeness (QED) is 0.362. The summed E-state index contributed by atoms with van der Waals surface area (Å²) < 4.78 is 0. The number of nitrogens with one attached hydrogen (secondary N) is 4. The number of carbonyl (C=O) groups excluding carboxylic acids is 1. The van der Waals surface area contributed by atoms with Crippen LogP contribution in [-0.4, -0.2) is 29.0 Å². The minimum Gasteiger partial charge on any atom is -0.383 e. The molecule has 1 saturated carbocycles. The van der Waals surface area contributed by atoms with Gasteiger partial charge < -0.3 is 10.6 Å². The summed E-state index contributed by atoms with van der Waals surface area (Å²) in [6, 6.07) is 4.50. The summed E-state index contributed by atoms with van der Waals surface area (Å²) in [5, 5.41) is 17.4. The highest BCUT2D eigenvalue weighted by Gasteiger charge is 2.27. The van der Waals surface area contributed by atoms with Gasteiger partial charge in [0, 0.05) is 24.7 Å². The van der Waals surface area contributed by atoms with Crippen LogP contribution in [0, 0.1) is 22.0 Å². The number of nitrogens with zero attached hydrogens (tertiary/aromatic N) is 1. The van der Waals surface area contributed by atoms with Crippen molar-refractivity contribution in [3.63, 3.8) is 0 Å². The van der Waals surface area contributed by atoms with E-state index in [4.69, 9.17) is 12.2 Å². The summed E-state index contributed by atoms with van der Waals surface area (Å²) in [5.41, 5.74) is 5.51. The topological polar surface area (TPSA) is 108 Å². The highest BCUT2D eigenvalue weighted by molar-refractivity contribution is 7.80. The lowest BCUT2D eigenvalue weighted by Gasteiger charge is -2.35. The normalized spacial score (nSPS) is 22.2. The van der Waals surface area contributed by atoms with E-state index in [0.717, 1.165) is 12.8 Å². The fourth-order valence-electron chi connectivity index (χ4n) is 3.21. The predicted octanol–water partition coefficient (Wildman–Crippen LogP) is 2.57. The van der Waals surface area contributed by atoms with E-state index in [9.17, 15) is 14.9 Å². The van der Waals surface area contributed by atoms with Crippen molar-refractivity contribution in [2.45, 2.75) is 39.2 Å². The zero-order valence-corrected chi connectivity index (χ0v) is 16.0. The van der Waals surface area contributed by atoms with Gasteiger partial charge in [-0.05, 0) is 42.6 Å². The average Bonchev–Trinajstić information content (AvgIpc) is 2.62. The zero-order valence-electron chi connectivity index (χ0n) is 15.2. The number of hydrogen-bond acceptors (Lipinski definition) is 5. The molecule has 1 fully saturated rings.